The molecule has 1 saturated carbocycles. The van der Waals surface area contributed by atoms with Crippen molar-refractivity contribution in [3.63, 3.8) is 0 Å². The van der Waals surface area contributed by atoms with Gasteiger partial charge in [-0.1, -0.05) is 0 Å². The lowest BCUT2D eigenvalue weighted by Gasteiger charge is -2.24. The molecule has 2 heterocycles. The highest BCUT2D eigenvalue weighted by Gasteiger charge is 2.33. The summed E-state index contributed by atoms with van der Waals surface area (Å²) in [5.74, 6) is 0.377. The second-order valence-corrected chi connectivity index (χ2v) is 9.29. The van der Waals surface area contributed by atoms with E-state index in [4.69, 9.17) is 19.5 Å². The summed E-state index contributed by atoms with van der Waals surface area (Å²) in [6.45, 7) is 7.33. The van der Waals surface area contributed by atoms with Crippen molar-refractivity contribution < 1.29 is 18.3 Å². The number of fused-ring (bicyclic) bond motifs is 1. The number of nitrogens with zero attached hydrogens (tertiary/aromatic N) is 4. The van der Waals surface area contributed by atoms with Gasteiger partial charge in [-0.25, -0.2) is 15.0 Å². The predicted octanol–water partition coefficient (Wildman–Crippen LogP) is 3.52. The average Bonchev–Trinajstić information content (AvgIpc) is 3.18. The first-order chi connectivity index (χ1) is 12.8. The molecule has 1 fully saturated rings. The second-order valence-electron chi connectivity index (χ2n) is 7.39. The molecule has 27 heavy (non-hydrogen) atoms. The van der Waals surface area contributed by atoms with Crippen LogP contribution in [0.1, 0.15) is 53.0 Å². The summed E-state index contributed by atoms with van der Waals surface area (Å²) in [6, 6.07) is 0.200. The Hall–Kier alpha value is -1.54. The van der Waals surface area contributed by atoms with Crippen molar-refractivity contribution in [1.29, 1.82) is 0 Å². The fraction of sp³-hybridized carbons (Fsp3) is 0.706. The lowest BCUT2D eigenvalue weighted by atomic mass is 10.2. The highest BCUT2D eigenvalue weighted by molar-refractivity contribution is 7.53. The van der Waals surface area contributed by atoms with Crippen LogP contribution >= 0.6 is 7.60 Å². The molecule has 0 aromatic carbocycles. The molecule has 9 nitrogen and oxygen atoms in total. The molecule has 2 N–H and O–H groups in total. The van der Waals surface area contributed by atoms with Crippen molar-refractivity contribution in [1.82, 2.24) is 19.5 Å². The maximum Gasteiger partial charge on any atom is 0.356 e. The molecule has 10 heteroatoms. The van der Waals surface area contributed by atoms with Crippen molar-refractivity contribution >= 4 is 24.6 Å². The topological polar surface area (TPSA) is 114 Å². The first kappa shape index (κ1) is 20.2. The van der Waals surface area contributed by atoms with Crippen LogP contribution in [0.2, 0.25) is 0 Å². The highest BCUT2D eigenvalue weighted by atomic mass is 31.2. The van der Waals surface area contributed by atoms with E-state index in [1.54, 1.807) is 6.33 Å². The molecule has 0 spiro atoms. The maximum atomic E-state index is 12.9. The number of nitrogens with two attached hydrogens (primary N) is 1. The van der Waals surface area contributed by atoms with E-state index in [9.17, 15) is 4.57 Å². The Kier molecular flexibility index (Phi) is 6.15. The third-order valence-electron chi connectivity index (χ3n) is 4.35. The lowest BCUT2D eigenvalue weighted by Crippen LogP contribution is -2.16. The van der Waals surface area contributed by atoms with Gasteiger partial charge >= 0.3 is 7.60 Å². The number of nitrogen functional groups attached to an aromatic ring is 1. The van der Waals surface area contributed by atoms with E-state index in [1.807, 2.05) is 32.3 Å². The molecule has 2 aromatic heterocycles. The van der Waals surface area contributed by atoms with Gasteiger partial charge in [-0.05, 0) is 47.0 Å². The Labute approximate surface area is 159 Å². The lowest BCUT2D eigenvalue weighted by molar-refractivity contribution is 0.0556. The number of imidazole rings is 1. The van der Waals surface area contributed by atoms with Crippen LogP contribution in [-0.2, 0) is 18.3 Å². The summed E-state index contributed by atoms with van der Waals surface area (Å²) in [5.41, 5.74) is 7.20. The van der Waals surface area contributed by atoms with Gasteiger partial charge in [0.25, 0.3) is 0 Å². The number of rotatable bonds is 8. The predicted molar refractivity (Wildman–Crippen MR) is 102 cm³/mol. The Morgan fingerprint density at radius 2 is 1.89 bits per heavy atom. The molecular weight excluding hydrogens is 369 g/mol. The fourth-order valence-corrected chi connectivity index (χ4v) is 5.23. The number of anilines is 1. The van der Waals surface area contributed by atoms with E-state index in [2.05, 4.69) is 15.0 Å². The summed E-state index contributed by atoms with van der Waals surface area (Å²) in [4.78, 5) is 12.6. The molecule has 2 aromatic rings. The van der Waals surface area contributed by atoms with Crippen LogP contribution in [0.4, 0.5) is 5.82 Å². The quantitative estimate of drug-likeness (QED) is 0.673. The van der Waals surface area contributed by atoms with Crippen LogP contribution in [0.3, 0.4) is 0 Å². The standard InChI is InChI=1S/C17H28N5O4P/c1-11(2)25-27(23,26-12(3)4)10-24-14-6-5-13(7-14)22-9-21-15-16(18)19-8-20-17(15)22/h8-9,11-14H,5-7,10H2,1-4H3,(H2,18,19,20)/t13-,14+/m0/s1. The highest BCUT2D eigenvalue weighted by Crippen LogP contribution is 2.51. The first-order valence-electron chi connectivity index (χ1n) is 9.28. The van der Waals surface area contributed by atoms with E-state index in [0.717, 1.165) is 24.9 Å². The molecule has 0 aliphatic heterocycles. The van der Waals surface area contributed by atoms with Crippen LogP contribution in [0.15, 0.2) is 12.7 Å². The van der Waals surface area contributed by atoms with Gasteiger partial charge < -0.3 is 24.1 Å². The van der Waals surface area contributed by atoms with Crippen LogP contribution in [0.25, 0.3) is 11.2 Å². The zero-order valence-electron chi connectivity index (χ0n) is 16.2. The molecule has 0 unspecified atom stereocenters. The van der Waals surface area contributed by atoms with Gasteiger partial charge in [-0.3, -0.25) is 4.57 Å². The molecule has 1 aliphatic rings. The van der Waals surface area contributed by atoms with Crippen molar-refractivity contribution in [2.45, 2.75) is 71.3 Å². The molecular formula is C17H28N5O4P. The number of aromatic nitrogens is 4. The van der Waals surface area contributed by atoms with Crippen molar-refractivity contribution in [3.8, 4) is 0 Å². The zero-order chi connectivity index (χ0) is 19.6. The summed E-state index contributed by atoms with van der Waals surface area (Å²) < 4.78 is 31.9. The van der Waals surface area contributed by atoms with Gasteiger partial charge in [0.05, 0.1) is 24.6 Å². The van der Waals surface area contributed by atoms with Crippen LogP contribution in [0.5, 0.6) is 0 Å². The maximum absolute atomic E-state index is 12.9. The molecule has 0 bridgehead atoms. The van der Waals surface area contributed by atoms with Crippen molar-refractivity contribution in [3.05, 3.63) is 12.7 Å². The minimum atomic E-state index is -3.29. The smallest absolute Gasteiger partial charge is 0.356 e. The van der Waals surface area contributed by atoms with E-state index in [1.165, 1.54) is 6.33 Å². The molecule has 2 atom stereocenters. The van der Waals surface area contributed by atoms with E-state index < -0.39 is 7.60 Å². The molecule has 3 rings (SSSR count). The molecule has 150 valence electrons. The molecule has 0 amide bonds. The summed E-state index contributed by atoms with van der Waals surface area (Å²) in [5, 5.41) is 0. The number of hydrogen-bond donors (Lipinski definition) is 1. The van der Waals surface area contributed by atoms with Crippen molar-refractivity contribution in [2.24, 2.45) is 0 Å². The molecule has 1 aliphatic carbocycles. The van der Waals surface area contributed by atoms with Crippen LogP contribution < -0.4 is 5.73 Å². The summed E-state index contributed by atoms with van der Waals surface area (Å²) >= 11 is 0. The van der Waals surface area contributed by atoms with Gasteiger partial charge in [-0.15, -0.1) is 0 Å². The van der Waals surface area contributed by atoms with Gasteiger partial charge in [-0.2, -0.15) is 0 Å². The van der Waals surface area contributed by atoms with Crippen molar-refractivity contribution in [2.75, 3.05) is 12.1 Å². The number of ether oxygens (including phenoxy) is 1. The third kappa shape index (κ3) is 4.85. The van der Waals surface area contributed by atoms with Gasteiger partial charge in [0.1, 0.15) is 18.2 Å². The Bertz CT molecular complexity index is 811. The van der Waals surface area contributed by atoms with Crippen LogP contribution in [0, 0.1) is 0 Å². The fourth-order valence-electron chi connectivity index (χ4n) is 3.38. The van der Waals surface area contributed by atoms with E-state index in [-0.39, 0.29) is 30.7 Å². The molecule has 0 saturated heterocycles. The zero-order valence-corrected chi connectivity index (χ0v) is 17.1. The largest absolute Gasteiger partial charge is 0.382 e. The van der Waals surface area contributed by atoms with Gasteiger partial charge in [0.2, 0.25) is 0 Å². The minimum absolute atomic E-state index is 0.0218. The third-order valence-corrected chi connectivity index (χ3v) is 6.30. The van der Waals surface area contributed by atoms with E-state index in [0.29, 0.717) is 11.3 Å². The Morgan fingerprint density at radius 3 is 2.56 bits per heavy atom. The summed E-state index contributed by atoms with van der Waals surface area (Å²) in [6.07, 6.45) is 5.28. The number of hydrogen-bond acceptors (Lipinski definition) is 8. The normalized spacial score (nSPS) is 21.0. The van der Waals surface area contributed by atoms with Gasteiger partial charge in [0.15, 0.2) is 11.5 Å². The Balaban J connectivity index is 1.63. The summed E-state index contributed by atoms with van der Waals surface area (Å²) in [7, 11) is -3.29. The minimum Gasteiger partial charge on any atom is -0.382 e. The average molecular weight is 397 g/mol. The molecule has 0 radical (unpaired) electrons. The Morgan fingerprint density at radius 1 is 1.19 bits per heavy atom. The SMILES string of the molecule is CC(C)OP(=O)(CO[C@@H]1CC[C@H](n2cnc3c(N)ncnc32)C1)OC(C)C. The van der Waals surface area contributed by atoms with E-state index >= 15 is 0 Å². The van der Waals surface area contributed by atoms with Crippen LogP contribution in [-0.4, -0.2) is 44.2 Å². The monoisotopic (exact) mass is 397 g/mol. The first-order valence-corrected chi connectivity index (χ1v) is 11.0. The van der Waals surface area contributed by atoms with Gasteiger partial charge in [0, 0.05) is 6.04 Å². The second kappa shape index (κ2) is 8.22.